The average molecular weight is 290 g/mol. The van der Waals surface area contributed by atoms with Crippen molar-refractivity contribution in [3.63, 3.8) is 0 Å². The van der Waals surface area contributed by atoms with Gasteiger partial charge in [-0.1, -0.05) is 42.5 Å². The zero-order valence-electron chi connectivity index (χ0n) is 12.5. The molecule has 0 radical (unpaired) electrons. The van der Waals surface area contributed by atoms with Crippen molar-refractivity contribution in [2.45, 2.75) is 13.5 Å². The largest absolute Gasteiger partial charge is 0.489 e. The zero-order valence-corrected chi connectivity index (χ0v) is 12.5. The highest BCUT2D eigenvalue weighted by molar-refractivity contribution is 5.68. The molecule has 2 N–H and O–H groups in total. The fourth-order valence-electron chi connectivity index (χ4n) is 2.35. The van der Waals surface area contributed by atoms with Crippen LogP contribution in [0.2, 0.25) is 0 Å². The lowest BCUT2D eigenvalue weighted by molar-refractivity contribution is 0.306. The van der Waals surface area contributed by atoms with E-state index in [0.717, 1.165) is 28.0 Å². The molecule has 1 heterocycles. The minimum atomic E-state index is 0.545. The summed E-state index contributed by atoms with van der Waals surface area (Å²) in [4.78, 5) is 4.16. The molecule has 22 heavy (non-hydrogen) atoms. The van der Waals surface area contributed by atoms with E-state index in [4.69, 9.17) is 10.5 Å². The van der Waals surface area contributed by atoms with Gasteiger partial charge in [0.15, 0.2) is 0 Å². The van der Waals surface area contributed by atoms with E-state index >= 15 is 0 Å². The molecule has 0 bridgehead atoms. The standard InChI is InChI=1S/C19H18N2O/c1-14-11-19(20)21-12-18(14)16-7-9-17(10-8-16)22-13-15-5-3-2-4-6-15/h2-12H,13H2,1H3,(H2,20,21). The van der Waals surface area contributed by atoms with Crippen LogP contribution in [0.5, 0.6) is 5.75 Å². The average Bonchev–Trinajstić information content (AvgIpc) is 2.55. The normalized spacial score (nSPS) is 10.4. The summed E-state index contributed by atoms with van der Waals surface area (Å²) in [5.41, 5.74) is 10.2. The van der Waals surface area contributed by atoms with Gasteiger partial charge in [0.05, 0.1) is 0 Å². The Hall–Kier alpha value is -2.81. The van der Waals surface area contributed by atoms with E-state index in [1.54, 1.807) is 0 Å². The van der Waals surface area contributed by atoms with Crippen LogP contribution in [0.25, 0.3) is 11.1 Å². The number of anilines is 1. The Morgan fingerprint density at radius 2 is 1.73 bits per heavy atom. The number of nitrogen functional groups attached to an aromatic ring is 1. The molecule has 0 fully saturated rings. The summed E-state index contributed by atoms with van der Waals surface area (Å²) in [6, 6.07) is 20.1. The SMILES string of the molecule is Cc1cc(N)ncc1-c1ccc(OCc2ccccc2)cc1. The van der Waals surface area contributed by atoms with Crippen LogP contribution in [-0.4, -0.2) is 4.98 Å². The van der Waals surface area contributed by atoms with Crippen molar-refractivity contribution in [2.75, 3.05) is 5.73 Å². The summed E-state index contributed by atoms with van der Waals surface area (Å²) in [7, 11) is 0. The minimum absolute atomic E-state index is 0.545. The molecule has 110 valence electrons. The van der Waals surface area contributed by atoms with Crippen molar-refractivity contribution < 1.29 is 4.74 Å². The molecule has 0 amide bonds. The monoisotopic (exact) mass is 290 g/mol. The van der Waals surface area contributed by atoms with E-state index in [1.807, 2.05) is 61.7 Å². The first kappa shape index (κ1) is 14.1. The van der Waals surface area contributed by atoms with Gasteiger partial charge in [-0.2, -0.15) is 0 Å². The van der Waals surface area contributed by atoms with Crippen LogP contribution in [-0.2, 0) is 6.61 Å². The molecule has 0 atom stereocenters. The highest BCUT2D eigenvalue weighted by Gasteiger charge is 2.04. The number of aromatic nitrogens is 1. The van der Waals surface area contributed by atoms with Gasteiger partial charge >= 0.3 is 0 Å². The van der Waals surface area contributed by atoms with Crippen LogP contribution in [0.1, 0.15) is 11.1 Å². The fourth-order valence-corrected chi connectivity index (χ4v) is 2.35. The Kier molecular flexibility index (Phi) is 4.05. The Morgan fingerprint density at radius 3 is 2.41 bits per heavy atom. The topological polar surface area (TPSA) is 48.1 Å². The molecule has 0 aliphatic carbocycles. The highest BCUT2D eigenvalue weighted by atomic mass is 16.5. The van der Waals surface area contributed by atoms with E-state index in [0.29, 0.717) is 12.4 Å². The second-order valence-corrected chi connectivity index (χ2v) is 5.22. The number of nitrogens with two attached hydrogens (primary N) is 1. The van der Waals surface area contributed by atoms with Gasteiger partial charge in [0.2, 0.25) is 0 Å². The summed E-state index contributed by atoms with van der Waals surface area (Å²) < 4.78 is 5.80. The van der Waals surface area contributed by atoms with E-state index in [1.165, 1.54) is 0 Å². The quantitative estimate of drug-likeness (QED) is 0.782. The third-order valence-corrected chi connectivity index (χ3v) is 3.55. The highest BCUT2D eigenvalue weighted by Crippen LogP contribution is 2.26. The predicted octanol–water partition coefficient (Wildman–Crippen LogP) is 4.22. The third kappa shape index (κ3) is 3.26. The van der Waals surface area contributed by atoms with Gasteiger partial charge in [-0.25, -0.2) is 4.98 Å². The molecule has 3 rings (SSSR count). The summed E-state index contributed by atoms with van der Waals surface area (Å²) in [6.07, 6.45) is 1.81. The van der Waals surface area contributed by atoms with Gasteiger partial charge in [-0.15, -0.1) is 0 Å². The van der Waals surface area contributed by atoms with Crippen LogP contribution < -0.4 is 10.5 Å². The Balaban J connectivity index is 1.72. The molecular formula is C19H18N2O. The van der Waals surface area contributed by atoms with Gasteiger partial charge in [0, 0.05) is 11.8 Å². The summed E-state index contributed by atoms with van der Waals surface area (Å²) in [6.45, 7) is 2.61. The number of nitrogens with zero attached hydrogens (tertiary/aromatic N) is 1. The van der Waals surface area contributed by atoms with Gasteiger partial charge in [-0.05, 0) is 41.8 Å². The number of rotatable bonds is 4. The second-order valence-electron chi connectivity index (χ2n) is 5.22. The van der Waals surface area contributed by atoms with Crippen molar-refractivity contribution in [1.82, 2.24) is 4.98 Å². The summed E-state index contributed by atoms with van der Waals surface area (Å²) >= 11 is 0. The molecule has 2 aromatic carbocycles. The van der Waals surface area contributed by atoms with Gasteiger partial charge < -0.3 is 10.5 Å². The first-order valence-corrected chi connectivity index (χ1v) is 7.21. The lowest BCUT2D eigenvalue weighted by Crippen LogP contribution is -1.95. The van der Waals surface area contributed by atoms with Crippen molar-refractivity contribution >= 4 is 5.82 Å². The van der Waals surface area contributed by atoms with E-state index in [9.17, 15) is 0 Å². The molecule has 0 spiro atoms. The first-order valence-electron chi connectivity index (χ1n) is 7.21. The van der Waals surface area contributed by atoms with Crippen molar-refractivity contribution in [3.8, 4) is 16.9 Å². The molecular weight excluding hydrogens is 272 g/mol. The van der Waals surface area contributed by atoms with Crippen molar-refractivity contribution in [2.24, 2.45) is 0 Å². The third-order valence-electron chi connectivity index (χ3n) is 3.55. The molecule has 0 saturated carbocycles. The second kappa shape index (κ2) is 6.31. The summed E-state index contributed by atoms with van der Waals surface area (Å²) in [5, 5.41) is 0. The number of pyridine rings is 1. The maximum atomic E-state index is 5.80. The summed E-state index contributed by atoms with van der Waals surface area (Å²) in [5.74, 6) is 1.40. The molecule has 0 aliphatic heterocycles. The molecule has 0 unspecified atom stereocenters. The molecule has 3 nitrogen and oxygen atoms in total. The number of ether oxygens (including phenoxy) is 1. The van der Waals surface area contributed by atoms with E-state index < -0.39 is 0 Å². The number of hydrogen-bond donors (Lipinski definition) is 1. The van der Waals surface area contributed by atoms with Crippen LogP contribution in [0.3, 0.4) is 0 Å². The van der Waals surface area contributed by atoms with Crippen molar-refractivity contribution in [1.29, 1.82) is 0 Å². The van der Waals surface area contributed by atoms with Crippen LogP contribution in [0.15, 0.2) is 66.9 Å². The van der Waals surface area contributed by atoms with Crippen LogP contribution in [0.4, 0.5) is 5.82 Å². The lowest BCUT2D eigenvalue weighted by Gasteiger charge is -2.09. The maximum absolute atomic E-state index is 5.80. The smallest absolute Gasteiger partial charge is 0.123 e. The number of benzene rings is 2. The maximum Gasteiger partial charge on any atom is 0.123 e. The Morgan fingerprint density at radius 1 is 1.00 bits per heavy atom. The number of aryl methyl sites for hydroxylation is 1. The molecule has 1 aromatic heterocycles. The van der Waals surface area contributed by atoms with Gasteiger partial charge in [0.25, 0.3) is 0 Å². The molecule has 3 aromatic rings. The minimum Gasteiger partial charge on any atom is -0.489 e. The van der Waals surface area contributed by atoms with Gasteiger partial charge in [0.1, 0.15) is 18.2 Å². The zero-order chi connectivity index (χ0) is 15.4. The predicted molar refractivity (Wildman–Crippen MR) is 89.6 cm³/mol. The fraction of sp³-hybridized carbons (Fsp3) is 0.105. The Bertz CT molecular complexity index is 752. The van der Waals surface area contributed by atoms with E-state index in [-0.39, 0.29) is 0 Å². The van der Waals surface area contributed by atoms with Crippen LogP contribution in [0, 0.1) is 6.92 Å². The van der Waals surface area contributed by atoms with Gasteiger partial charge in [-0.3, -0.25) is 0 Å². The molecule has 0 saturated heterocycles. The lowest BCUT2D eigenvalue weighted by atomic mass is 10.0. The number of hydrogen-bond acceptors (Lipinski definition) is 3. The van der Waals surface area contributed by atoms with Crippen molar-refractivity contribution in [3.05, 3.63) is 78.0 Å². The van der Waals surface area contributed by atoms with E-state index in [2.05, 4.69) is 17.1 Å². The van der Waals surface area contributed by atoms with Crippen LogP contribution >= 0.6 is 0 Å². The molecule has 3 heteroatoms. The first-order chi connectivity index (χ1) is 10.7. The Labute approximate surface area is 130 Å². The molecule has 0 aliphatic rings.